The molecular formula is C10H6BrNO2. The van der Waals surface area contributed by atoms with Crippen molar-refractivity contribution in [3.05, 3.63) is 40.9 Å². The van der Waals surface area contributed by atoms with Crippen LogP contribution in [0.25, 0.3) is 11.3 Å². The number of hydrogen-bond acceptors (Lipinski definition) is 3. The molecule has 0 radical (unpaired) electrons. The summed E-state index contributed by atoms with van der Waals surface area (Å²) in [5, 5.41) is 0. The Balaban J connectivity index is 2.43. The van der Waals surface area contributed by atoms with Crippen LogP contribution in [0.15, 0.2) is 39.4 Å². The second kappa shape index (κ2) is 3.75. The molecule has 2 rings (SSSR count). The van der Waals surface area contributed by atoms with E-state index in [9.17, 15) is 4.79 Å². The minimum Gasteiger partial charge on any atom is -0.442 e. The molecule has 0 aliphatic carbocycles. The maximum Gasteiger partial charge on any atom is 0.260 e. The summed E-state index contributed by atoms with van der Waals surface area (Å²) in [4.78, 5) is 14.3. The van der Waals surface area contributed by atoms with E-state index >= 15 is 0 Å². The summed E-state index contributed by atoms with van der Waals surface area (Å²) in [7, 11) is 0. The first kappa shape index (κ1) is 9.15. The SMILES string of the molecule is O=Cc1nc(-c2cccc(Br)c2)co1. The van der Waals surface area contributed by atoms with E-state index in [-0.39, 0.29) is 5.89 Å². The van der Waals surface area contributed by atoms with E-state index in [1.54, 1.807) is 0 Å². The van der Waals surface area contributed by atoms with E-state index in [2.05, 4.69) is 20.9 Å². The van der Waals surface area contributed by atoms with Crippen molar-refractivity contribution in [1.82, 2.24) is 4.98 Å². The molecule has 0 saturated carbocycles. The molecule has 0 N–H and O–H groups in total. The first-order valence-electron chi connectivity index (χ1n) is 3.96. The van der Waals surface area contributed by atoms with Gasteiger partial charge in [0.05, 0.1) is 0 Å². The Morgan fingerprint density at radius 2 is 2.29 bits per heavy atom. The minimum atomic E-state index is 0.0972. The van der Waals surface area contributed by atoms with Gasteiger partial charge in [0.25, 0.3) is 5.89 Å². The predicted molar refractivity (Wildman–Crippen MR) is 55.0 cm³/mol. The molecule has 0 aliphatic rings. The van der Waals surface area contributed by atoms with Gasteiger partial charge < -0.3 is 4.42 Å². The van der Waals surface area contributed by atoms with Gasteiger partial charge in [0, 0.05) is 10.0 Å². The van der Waals surface area contributed by atoms with Crippen LogP contribution in [0.5, 0.6) is 0 Å². The van der Waals surface area contributed by atoms with Crippen molar-refractivity contribution in [2.24, 2.45) is 0 Å². The summed E-state index contributed by atoms with van der Waals surface area (Å²) in [5.74, 6) is 0.0972. The van der Waals surface area contributed by atoms with Gasteiger partial charge in [-0.15, -0.1) is 0 Å². The number of hydrogen-bond donors (Lipinski definition) is 0. The summed E-state index contributed by atoms with van der Waals surface area (Å²) >= 11 is 3.36. The lowest BCUT2D eigenvalue weighted by atomic mass is 10.2. The van der Waals surface area contributed by atoms with E-state index in [1.807, 2.05) is 24.3 Å². The van der Waals surface area contributed by atoms with Crippen molar-refractivity contribution in [3.8, 4) is 11.3 Å². The van der Waals surface area contributed by atoms with Gasteiger partial charge in [-0.1, -0.05) is 28.1 Å². The molecule has 0 unspecified atom stereocenters. The molecule has 0 spiro atoms. The summed E-state index contributed by atoms with van der Waals surface area (Å²) in [5.41, 5.74) is 1.57. The summed E-state index contributed by atoms with van der Waals surface area (Å²) in [6, 6.07) is 7.63. The molecule has 0 fully saturated rings. The fourth-order valence-electron chi connectivity index (χ4n) is 1.12. The number of rotatable bonds is 2. The number of nitrogens with zero attached hydrogens (tertiary/aromatic N) is 1. The molecule has 0 saturated heterocycles. The number of aldehydes is 1. The van der Waals surface area contributed by atoms with Crippen LogP contribution in [-0.2, 0) is 0 Å². The quantitative estimate of drug-likeness (QED) is 0.771. The molecule has 0 bridgehead atoms. The molecule has 0 amide bonds. The molecule has 70 valence electrons. The number of aromatic nitrogens is 1. The Morgan fingerprint density at radius 1 is 1.43 bits per heavy atom. The molecule has 1 heterocycles. The summed E-state index contributed by atoms with van der Waals surface area (Å²) in [6.07, 6.45) is 2.05. The van der Waals surface area contributed by atoms with Crippen LogP contribution in [0.2, 0.25) is 0 Å². The third-order valence-electron chi connectivity index (χ3n) is 1.74. The standard InChI is InChI=1S/C10H6BrNO2/c11-8-3-1-2-7(4-8)9-6-14-10(5-13)12-9/h1-6H. The second-order valence-electron chi connectivity index (χ2n) is 2.70. The minimum absolute atomic E-state index is 0.0972. The lowest BCUT2D eigenvalue weighted by Gasteiger charge is -1.94. The lowest BCUT2D eigenvalue weighted by Crippen LogP contribution is -1.80. The number of carbonyl (C=O) groups is 1. The van der Waals surface area contributed by atoms with Crippen molar-refractivity contribution >= 4 is 22.2 Å². The third kappa shape index (κ3) is 1.75. The Hall–Kier alpha value is -1.42. The molecule has 2 aromatic rings. The third-order valence-corrected chi connectivity index (χ3v) is 2.24. The summed E-state index contributed by atoms with van der Waals surface area (Å²) < 4.78 is 5.88. The number of oxazole rings is 1. The Morgan fingerprint density at radius 3 is 2.93 bits per heavy atom. The average molecular weight is 252 g/mol. The van der Waals surface area contributed by atoms with Gasteiger partial charge in [-0.05, 0) is 12.1 Å². The topological polar surface area (TPSA) is 43.1 Å². The number of carbonyl (C=O) groups excluding carboxylic acids is 1. The smallest absolute Gasteiger partial charge is 0.260 e. The largest absolute Gasteiger partial charge is 0.442 e. The van der Waals surface area contributed by atoms with Gasteiger partial charge in [0.1, 0.15) is 12.0 Å². The highest BCUT2D eigenvalue weighted by Gasteiger charge is 2.04. The van der Waals surface area contributed by atoms with Crippen molar-refractivity contribution in [3.63, 3.8) is 0 Å². The van der Waals surface area contributed by atoms with Gasteiger partial charge in [-0.25, -0.2) is 4.98 Å². The Kier molecular flexibility index (Phi) is 2.45. The van der Waals surface area contributed by atoms with Crippen molar-refractivity contribution in [2.45, 2.75) is 0 Å². The van der Waals surface area contributed by atoms with Gasteiger partial charge >= 0.3 is 0 Å². The second-order valence-corrected chi connectivity index (χ2v) is 3.61. The first-order chi connectivity index (χ1) is 6.79. The highest BCUT2D eigenvalue weighted by Crippen LogP contribution is 2.21. The monoisotopic (exact) mass is 251 g/mol. The van der Waals surface area contributed by atoms with Crippen LogP contribution in [0.1, 0.15) is 10.7 Å². The molecule has 1 aromatic heterocycles. The van der Waals surface area contributed by atoms with E-state index in [1.165, 1.54) is 6.26 Å². The van der Waals surface area contributed by atoms with Gasteiger partial charge in [-0.3, -0.25) is 4.79 Å². The molecule has 14 heavy (non-hydrogen) atoms. The van der Waals surface area contributed by atoms with E-state index in [0.717, 1.165) is 10.0 Å². The molecule has 0 aliphatic heterocycles. The van der Waals surface area contributed by atoms with Gasteiger partial charge in [0.2, 0.25) is 6.29 Å². The fourth-order valence-corrected chi connectivity index (χ4v) is 1.52. The van der Waals surface area contributed by atoms with Crippen molar-refractivity contribution in [1.29, 1.82) is 0 Å². The normalized spacial score (nSPS) is 10.1. The van der Waals surface area contributed by atoms with E-state index in [4.69, 9.17) is 4.42 Å². The zero-order chi connectivity index (χ0) is 9.97. The fraction of sp³-hybridized carbons (Fsp3) is 0. The molecule has 0 atom stereocenters. The van der Waals surface area contributed by atoms with Crippen molar-refractivity contribution in [2.75, 3.05) is 0 Å². The maximum atomic E-state index is 10.4. The highest BCUT2D eigenvalue weighted by atomic mass is 79.9. The average Bonchev–Trinajstić information content (AvgIpc) is 2.66. The lowest BCUT2D eigenvalue weighted by molar-refractivity contribution is 0.109. The molecular weight excluding hydrogens is 246 g/mol. The van der Waals surface area contributed by atoms with Gasteiger partial charge in [0.15, 0.2) is 0 Å². The van der Waals surface area contributed by atoms with Crippen LogP contribution >= 0.6 is 15.9 Å². The highest BCUT2D eigenvalue weighted by molar-refractivity contribution is 9.10. The van der Waals surface area contributed by atoms with Crippen LogP contribution in [-0.4, -0.2) is 11.3 Å². The number of halogens is 1. The van der Waals surface area contributed by atoms with Crippen LogP contribution in [0, 0.1) is 0 Å². The zero-order valence-corrected chi connectivity index (χ0v) is 8.69. The Bertz CT molecular complexity index is 465. The molecule has 3 nitrogen and oxygen atoms in total. The van der Waals surface area contributed by atoms with Crippen LogP contribution < -0.4 is 0 Å². The van der Waals surface area contributed by atoms with Crippen LogP contribution in [0.4, 0.5) is 0 Å². The van der Waals surface area contributed by atoms with E-state index in [0.29, 0.717) is 12.0 Å². The predicted octanol–water partition coefficient (Wildman–Crippen LogP) is 2.92. The molecule has 4 heteroatoms. The summed E-state index contributed by atoms with van der Waals surface area (Å²) in [6.45, 7) is 0. The zero-order valence-electron chi connectivity index (χ0n) is 7.11. The molecule has 1 aromatic carbocycles. The van der Waals surface area contributed by atoms with Crippen molar-refractivity contribution < 1.29 is 9.21 Å². The first-order valence-corrected chi connectivity index (χ1v) is 4.75. The maximum absolute atomic E-state index is 10.4. The Labute approximate surface area is 88.9 Å². The van der Waals surface area contributed by atoms with Crippen LogP contribution in [0.3, 0.4) is 0 Å². The van der Waals surface area contributed by atoms with Gasteiger partial charge in [-0.2, -0.15) is 0 Å². The number of benzene rings is 1. The van der Waals surface area contributed by atoms with E-state index < -0.39 is 0 Å².